The second-order valence-corrected chi connectivity index (χ2v) is 3.18. The van der Waals surface area contributed by atoms with Crippen LogP contribution < -0.4 is 4.74 Å². The molecule has 86 valence electrons. The molecule has 0 unspecified atom stereocenters. The number of halogens is 3. The zero-order valence-electron chi connectivity index (χ0n) is 8.42. The van der Waals surface area contributed by atoms with Gasteiger partial charge in [-0.3, -0.25) is 0 Å². The van der Waals surface area contributed by atoms with Gasteiger partial charge in [0.2, 0.25) is 0 Å². The van der Waals surface area contributed by atoms with E-state index in [9.17, 15) is 13.2 Å². The molecular formula is C11H10F3NO. The van der Waals surface area contributed by atoms with Gasteiger partial charge in [0.1, 0.15) is 11.8 Å². The molecule has 1 aromatic carbocycles. The zero-order chi connectivity index (χ0) is 12.0. The highest BCUT2D eigenvalue weighted by molar-refractivity contribution is 5.42. The van der Waals surface area contributed by atoms with Gasteiger partial charge < -0.3 is 4.74 Å². The largest absolute Gasteiger partial charge is 0.492 e. The van der Waals surface area contributed by atoms with Crippen molar-refractivity contribution < 1.29 is 17.9 Å². The average Bonchev–Trinajstić information content (AvgIpc) is 2.23. The molecule has 2 nitrogen and oxygen atoms in total. The summed E-state index contributed by atoms with van der Waals surface area (Å²) >= 11 is 0. The average molecular weight is 229 g/mol. The molecule has 0 aromatic heterocycles. The van der Waals surface area contributed by atoms with Crippen LogP contribution in [-0.4, -0.2) is 12.8 Å². The van der Waals surface area contributed by atoms with E-state index in [1.54, 1.807) is 24.3 Å². The molecule has 1 aromatic rings. The van der Waals surface area contributed by atoms with E-state index in [-0.39, 0.29) is 13.0 Å². The molecule has 0 radical (unpaired) electrons. The Morgan fingerprint density at radius 2 is 1.94 bits per heavy atom. The lowest BCUT2D eigenvalue weighted by Crippen LogP contribution is -2.10. The minimum absolute atomic E-state index is 0.0434. The first-order valence-electron chi connectivity index (χ1n) is 4.71. The zero-order valence-corrected chi connectivity index (χ0v) is 8.42. The first-order valence-corrected chi connectivity index (χ1v) is 4.71. The number of hydrogen-bond donors (Lipinski definition) is 0. The van der Waals surface area contributed by atoms with Crippen molar-refractivity contribution in [2.24, 2.45) is 0 Å². The Hall–Kier alpha value is -1.70. The Morgan fingerprint density at radius 3 is 2.56 bits per heavy atom. The van der Waals surface area contributed by atoms with Crippen LogP contribution in [0.25, 0.3) is 0 Å². The van der Waals surface area contributed by atoms with Crippen LogP contribution in [0.15, 0.2) is 24.3 Å². The molecule has 0 aliphatic rings. The van der Waals surface area contributed by atoms with Crippen LogP contribution in [0.3, 0.4) is 0 Å². The number of ether oxygens (including phenoxy) is 1. The maximum atomic E-state index is 11.8. The molecule has 0 saturated carbocycles. The lowest BCUT2D eigenvalue weighted by molar-refractivity contribution is -0.136. The van der Waals surface area contributed by atoms with E-state index in [4.69, 9.17) is 10.00 Å². The fraction of sp³-hybridized carbons (Fsp3) is 0.364. The van der Waals surface area contributed by atoms with Crippen LogP contribution in [0.1, 0.15) is 18.4 Å². The van der Waals surface area contributed by atoms with Crippen LogP contribution in [0.5, 0.6) is 5.75 Å². The van der Waals surface area contributed by atoms with E-state index >= 15 is 0 Å². The molecular weight excluding hydrogens is 219 g/mol. The van der Waals surface area contributed by atoms with E-state index in [2.05, 4.69) is 0 Å². The summed E-state index contributed by atoms with van der Waals surface area (Å²) in [6.45, 7) is -0.0434. The van der Waals surface area contributed by atoms with Crippen molar-refractivity contribution in [2.75, 3.05) is 6.61 Å². The van der Waals surface area contributed by atoms with E-state index in [0.717, 1.165) is 0 Å². The second-order valence-electron chi connectivity index (χ2n) is 3.18. The highest BCUT2D eigenvalue weighted by Crippen LogP contribution is 2.22. The molecule has 0 N–H and O–H groups in total. The fourth-order valence-electron chi connectivity index (χ4n) is 1.14. The molecule has 0 bridgehead atoms. The van der Waals surface area contributed by atoms with Crippen LogP contribution in [0.2, 0.25) is 0 Å². The van der Waals surface area contributed by atoms with Gasteiger partial charge in [0.05, 0.1) is 12.2 Å². The smallest absolute Gasteiger partial charge is 0.389 e. The van der Waals surface area contributed by atoms with Crippen LogP contribution >= 0.6 is 0 Å². The SMILES string of the molecule is N#Cc1ccccc1OCCCC(F)(F)F. The van der Waals surface area contributed by atoms with Crippen LogP contribution in [0, 0.1) is 11.3 Å². The number of alkyl halides is 3. The van der Waals surface area contributed by atoms with E-state index < -0.39 is 12.6 Å². The Kier molecular flexibility index (Phi) is 4.18. The third-order valence-corrected chi connectivity index (χ3v) is 1.87. The number of hydrogen-bond acceptors (Lipinski definition) is 2. The standard InChI is InChI=1S/C11H10F3NO/c12-11(13,14)6-3-7-16-10-5-2-1-4-9(10)8-15/h1-2,4-5H,3,6-7H2. The molecule has 0 fully saturated rings. The third kappa shape index (κ3) is 4.22. The van der Waals surface area contributed by atoms with E-state index in [1.165, 1.54) is 0 Å². The molecule has 0 atom stereocenters. The Labute approximate surface area is 91.3 Å². The summed E-state index contributed by atoms with van der Waals surface area (Å²) in [5, 5.41) is 8.69. The topological polar surface area (TPSA) is 33.0 Å². The first-order chi connectivity index (χ1) is 7.53. The highest BCUT2D eigenvalue weighted by Gasteiger charge is 2.26. The Bertz CT molecular complexity index is 382. The maximum Gasteiger partial charge on any atom is 0.389 e. The minimum atomic E-state index is -4.15. The number of rotatable bonds is 4. The molecule has 0 amide bonds. The summed E-state index contributed by atoms with van der Waals surface area (Å²) in [5.74, 6) is 0.326. The van der Waals surface area contributed by atoms with Gasteiger partial charge in [-0.25, -0.2) is 0 Å². The van der Waals surface area contributed by atoms with Gasteiger partial charge in [-0.1, -0.05) is 12.1 Å². The highest BCUT2D eigenvalue weighted by atomic mass is 19.4. The number of nitrogens with zero attached hydrogens (tertiary/aromatic N) is 1. The van der Waals surface area contributed by atoms with Crippen molar-refractivity contribution in [1.82, 2.24) is 0 Å². The van der Waals surface area contributed by atoms with Crippen LogP contribution in [0.4, 0.5) is 13.2 Å². The number of nitriles is 1. The summed E-state index contributed by atoms with van der Waals surface area (Å²) in [7, 11) is 0. The summed E-state index contributed by atoms with van der Waals surface area (Å²) in [4.78, 5) is 0. The van der Waals surface area contributed by atoms with E-state index in [1.807, 2.05) is 6.07 Å². The Balaban J connectivity index is 2.41. The third-order valence-electron chi connectivity index (χ3n) is 1.87. The first kappa shape index (κ1) is 12.4. The minimum Gasteiger partial charge on any atom is -0.492 e. The predicted molar refractivity (Wildman–Crippen MR) is 51.9 cm³/mol. The van der Waals surface area contributed by atoms with Crippen molar-refractivity contribution in [3.05, 3.63) is 29.8 Å². The van der Waals surface area contributed by atoms with Crippen LogP contribution in [-0.2, 0) is 0 Å². The van der Waals surface area contributed by atoms with Crippen molar-refractivity contribution in [1.29, 1.82) is 5.26 Å². The maximum absolute atomic E-state index is 11.8. The quantitative estimate of drug-likeness (QED) is 0.742. The van der Waals surface area contributed by atoms with Gasteiger partial charge in [-0.15, -0.1) is 0 Å². The van der Waals surface area contributed by atoms with Gasteiger partial charge >= 0.3 is 6.18 Å². The van der Waals surface area contributed by atoms with Crippen molar-refractivity contribution in [3.63, 3.8) is 0 Å². The summed E-state index contributed by atoms with van der Waals surface area (Å²) < 4.78 is 40.6. The number of para-hydroxylation sites is 1. The molecule has 0 aliphatic heterocycles. The summed E-state index contributed by atoms with van der Waals surface area (Å²) in [5.41, 5.74) is 0.328. The number of benzene rings is 1. The molecule has 0 saturated heterocycles. The molecule has 5 heteroatoms. The van der Waals surface area contributed by atoms with Crippen molar-refractivity contribution in [3.8, 4) is 11.8 Å². The van der Waals surface area contributed by atoms with Gasteiger partial charge in [0, 0.05) is 6.42 Å². The summed E-state index contributed by atoms with van der Waals surface area (Å²) in [6.07, 6.45) is -5.14. The Morgan fingerprint density at radius 1 is 1.25 bits per heavy atom. The fourth-order valence-corrected chi connectivity index (χ4v) is 1.14. The van der Waals surface area contributed by atoms with Crippen molar-refractivity contribution >= 4 is 0 Å². The molecule has 0 aliphatic carbocycles. The van der Waals surface area contributed by atoms with E-state index in [0.29, 0.717) is 11.3 Å². The molecule has 0 heterocycles. The lowest BCUT2D eigenvalue weighted by atomic mass is 10.2. The monoisotopic (exact) mass is 229 g/mol. The lowest BCUT2D eigenvalue weighted by Gasteiger charge is -2.08. The predicted octanol–water partition coefficient (Wildman–Crippen LogP) is 3.28. The molecule has 0 spiro atoms. The van der Waals surface area contributed by atoms with Gasteiger partial charge in [-0.2, -0.15) is 18.4 Å². The second kappa shape index (κ2) is 5.40. The normalized spacial score (nSPS) is 10.9. The van der Waals surface area contributed by atoms with Gasteiger partial charge in [-0.05, 0) is 18.6 Å². The molecule has 16 heavy (non-hydrogen) atoms. The molecule has 1 rings (SSSR count). The van der Waals surface area contributed by atoms with Gasteiger partial charge in [0.25, 0.3) is 0 Å². The summed E-state index contributed by atoms with van der Waals surface area (Å²) in [6, 6.07) is 8.36. The van der Waals surface area contributed by atoms with Crippen molar-refractivity contribution in [2.45, 2.75) is 19.0 Å². The van der Waals surface area contributed by atoms with Gasteiger partial charge in [0.15, 0.2) is 0 Å².